The number of benzene rings is 2. The van der Waals surface area contributed by atoms with Gasteiger partial charge >= 0.3 is 0 Å². The Morgan fingerprint density at radius 1 is 1.08 bits per heavy atom. The number of halogens is 3. The molecule has 0 radical (unpaired) electrons. The van der Waals surface area contributed by atoms with E-state index in [1.807, 2.05) is 36.4 Å². The van der Waals surface area contributed by atoms with Crippen LogP contribution >= 0.6 is 35.6 Å². The van der Waals surface area contributed by atoms with E-state index in [2.05, 4.69) is 5.32 Å². The number of nitrogens with two attached hydrogens (primary N) is 1. The van der Waals surface area contributed by atoms with Gasteiger partial charge in [0.1, 0.15) is 0 Å². The zero-order valence-electron chi connectivity index (χ0n) is 13.7. The normalized spacial score (nSPS) is 15.0. The summed E-state index contributed by atoms with van der Waals surface area (Å²) in [6, 6.07) is 13.2. The minimum Gasteiger partial charge on any atom is -0.399 e. The second-order valence-corrected chi connectivity index (χ2v) is 7.13. The molecule has 3 rings (SSSR count). The molecule has 0 aliphatic heterocycles. The molecule has 0 heterocycles. The average Bonchev–Trinajstić information content (AvgIpc) is 2.52. The third-order valence-corrected chi connectivity index (χ3v) is 5.53. The highest BCUT2D eigenvalue weighted by atomic mass is 35.5. The highest BCUT2D eigenvalue weighted by Crippen LogP contribution is 2.45. The number of carbonyl (C=O) groups is 1. The lowest BCUT2D eigenvalue weighted by molar-refractivity contribution is -0.129. The van der Waals surface area contributed by atoms with Gasteiger partial charge in [-0.1, -0.05) is 47.8 Å². The molecule has 1 saturated carbocycles. The van der Waals surface area contributed by atoms with Crippen LogP contribution in [0.25, 0.3) is 0 Å². The molecule has 1 amide bonds. The van der Waals surface area contributed by atoms with Crippen LogP contribution in [0.15, 0.2) is 42.5 Å². The maximum Gasteiger partial charge on any atom is 0.230 e. The smallest absolute Gasteiger partial charge is 0.230 e. The molecule has 0 saturated heterocycles. The Hall–Kier alpha value is -1.42. The third kappa shape index (κ3) is 4.22. The van der Waals surface area contributed by atoms with Crippen molar-refractivity contribution >= 4 is 47.2 Å². The first-order chi connectivity index (χ1) is 11.5. The Morgan fingerprint density at radius 2 is 1.76 bits per heavy atom. The van der Waals surface area contributed by atoms with Gasteiger partial charge in [0.15, 0.2) is 0 Å². The number of carbonyl (C=O) groups excluding carboxylic acids is 1. The summed E-state index contributed by atoms with van der Waals surface area (Å²) in [7, 11) is 0. The van der Waals surface area contributed by atoms with Crippen molar-refractivity contribution in [3.63, 3.8) is 0 Å². The maximum absolute atomic E-state index is 12.8. The molecular weight excluding hydrogens is 379 g/mol. The minimum atomic E-state index is -0.463. The van der Waals surface area contributed by atoms with Crippen LogP contribution in [-0.2, 0) is 16.6 Å². The predicted molar refractivity (Wildman–Crippen MR) is 107 cm³/mol. The van der Waals surface area contributed by atoms with Crippen molar-refractivity contribution in [1.29, 1.82) is 0 Å². The molecule has 1 aliphatic rings. The maximum atomic E-state index is 12.8. The van der Waals surface area contributed by atoms with Crippen LogP contribution in [0, 0.1) is 0 Å². The molecule has 0 bridgehead atoms. The summed E-state index contributed by atoms with van der Waals surface area (Å²) in [4.78, 5) is 12.8. The molecule has 0 atom stereocenters. The van der Waals surface area contributed by atoms with Crippen molar-refractivity contribution < 1.29 is 4.79 Å². The van der Waals surface area contributed by atoms with E-state index in [9.17, 15) is 4.79 Å². The van der Waals surface area contributed by atoms with Crippen LogP contribution < -0.4 is 11.1 Å². The number of hydrogen-bond acceptors (Lipinski definition) is 2. The van der Waals surface area contributed by atoms with Gasteiger partial charge in [-0.15, -0.1) is 12.4 Å². The lowest BCUT2D eigenvalue weighted by Crippen LogP contribution is -2.49. The molecule has 1 aliphatic carbocycles. The zero-order valence-corrected chi connectivity index (χ0v) is 16.1. The van der Waals surface area contributed by atoms with Gasteiger partial charge in [-0.3, -0.25) is 4.79 Å². The van der Waals surface area contributed by atoms with Crippen LogP contribution in [0.4, 0.5) is 5.69 Å². The van der Waals surface area contributed by atoms with E-state index < -0.39 is 5.41 Å². The molecule has 134 valence electrons. The first kappa shape index (κ1) is 19.9. The summed E-state index contributed by atoms with van der Waals surface area (Å²) in [5.74, 6) is 0.0718. The fraction of sp³-hybridized carbons (Fsp3) is 0.316. The number of anilines is 1. The molecular formula is C19H21Cl3N2O. The van der Waals surface area contributed by atoms with Crippen molar-refractivity contribution in [2.24, 2.45) is 0 Å². The van der Waals surface area contributed by atoms with Crippen LogP contribution in [0.2, 0.25) is 10.0 Å². The Kier molecular flexibility index (Phi) is 6.61. The average molecular weight is 400 g/mol. The number of amides is 1. The topological polar surface area (TPSA) is 55.1 Å². The van der Waals surface area contributed by atoms with Crippen molar-refractivity contribution in [1.82, 2.24) is 5.32 Å². The molecule has 0 unspecified atom stereocenters. The molecule has 1 fully saturated rings. The summed E-state index contributed by atoms with van der Waals surface area (Å²) in [6.07, 6.45) is 3.52. The number of rotatable bonds is 5. The molecule has 25 heavy (non-hydrogen) atoms. The standard InChI is InChI=1S/C19H20Cl2N2O.ClH/c20-16-7-4-14(12-17(16)21)19(9-1-10-19)18(24)23-11-8-13-2-5-15(22)6-3-13;/h2-7,12H,1,8-11,22H2,(H,23,24);1H. The van der Waals surface area contributed by atoms with Gasteiger partial charge in [-0.25, -0.2) is 0 Å². The fourth-order valence-corrected chi connectivity index (χ4v) is 3.44. The predicted octanol–water partition coefficient (Wildman–Crippen LogP) is 4.78. The molecule has 2 aromatic carbocycles. The second kappa shape index (κ2) is 8.31. The van der Waals surface area contributed by atoms with E-state index in [0.29, 0.717) is 16.6 Å². The quantitative estimate of drug-likeness (QED) is 0.711. The van der Waals surface area contributed by atoms with Gasteiger partial charge in [-0.05, 0) is 54.7 Å². The lowest BCUT2D eigenvalue weighted by atomic mass is 9.64. The van der Waals surface area contributed by atoms with E-state index >= 15 is 0 Å². The van der Waals surface area contributed by atoms with E-state index in [1.54, 1.807) is 6.07 Å². The zero-order chi connectivity index (χ0) is 17.2. The van der Waals surface area contributed by atoms with Gasteiger partial charge in [0.25, 0.3) is 0 Å². The van der Waals surface area contributed by atoms with Crippen LogP contribution in [-0.4, -0.2) is 12.5 Å². The largest absolute Gasteiger partial charge is 0.399 e. The van der Waals surface area contributed by atoms with Gasteiger partial charge in [0.2, 0.25) is 5.91 Å². The van der Waals surface area contributed by atoms with Crippen molar-refractivity contribution in [2.45, 2.75) is 31.1 Å². The summed E-state index contributed by atoms with van der Waals surface area (Å²) in [5.41, 5.74) is 8.07. The minimum absolute atomic E-state index is 0. The first-order valence-electron chi connectivity index (χ1n) is 8.09. The van der Waals surface area contributed by atoms with Crippen LogP contribution in [0.3, 0.4) is 0 Å². The van der Waals surface area contributed by atoms with E-state index in [0.717, 1.165) is 42.5 Å². The SMILES string of the molecule is Cl.Nc1ccc(CCNC(=O)C2(c3ccc(Cl)c(Cl)c3)CCC2)cc1. The third-order valence-electron chi connectivity index (χ3n) is 4.79. The van der Waals surface area contributed by atoms with Crippen molar-refractivity contribution in [3.05, 3.63) is 63.6 Å². The van der Waals surface area contributed by atoms with Gasteiger partial charge in [-0.2, -0.15) is 0 Å². The molecule has 0 spiro atoms. The molecule has 3 N–H and O–H groups in total. The highest BCUT2D eigenvalue weighted by molar-refractivity contribution is 6.42. The van der Waals surface area contributed by atoms with Crippen LogP contribution in [0.1, 0.15) is 30.4 Å². The van der Waals surface area contributed by atoms with Crippen molar-refractivity contribution in [3.8, 4) is 0 Å². The Balaban J connectivity index is 0.00000225. The summed E-state index contributed by atoms with van der Waals surface area (Å²) < 4.78 is 0. The van der Waals surface area contributed by atoms with E-state index in [4.69, 9.17) is 28.9 Å². The fourth-order valence-electron chi connectivity index (χ4n) is 3.14. The lowest BCUT2D eigenvalue weighted by Gasteiger charge is -2.41. The highest BCUT2D eigenvalue weighted by Gasteiger charge is 2.45. The molecule has 3 nitrogen and oxygen atoms in total. The van der Waals surface area contributed by atoms with E-state index in [1.165, 1.54) is 0 Å². The van der Waals surface area contributed by atoms with Gasteiger partial charge in [0.05, 0.1) is 15.5 Å². The summed E-state index contributed by atoms with van der Waals surface area (Å²) in [6.45, 7) is 0.603. The second-order valence-electron chi connectivity index (χ2n) is 6.31. The molecule has 2 aromatic rings. The monoisotopic (exact) mass is 398 g/mol. The van der Waals surface area contributed by atoms with Gasteiger partial charge < -0.3 is 11.1 Å². The number of nitrogens with one attached hydrogen (secondary N) is 1. The van der Waals surface area contributed by atoms with Crippen LogP contribution in [0.5, 0.6) is 0 Å². The number of nitrogen functional groups attached to an aromatic ring is 1. The van der Waals surface area contributed by atoms with Crippen molar-refractivity contribution in [2.75, 3.05) is 12.3 Å². The Labute approximate surface area is 164 Å². The number of hydrogen-bond donors (Lipinski definition) is 2. The first-order valence-corrected chi connectivity index (χ1v) is 8.85. The van der Waals surface area contributed by atoms with Gasteiger partial charge in [0, 0.05) is 12.2 Å². The summed E-state index contributed by atoms with van der Waals surface area (Å²) in [5, 5.41) is 4.08. The molecule has 0 aromatic heterocycles. The summed E-state index contributed by atoms with van der Waals surface area (Å²) >= 11 is 12.1. The molecule has 6 heteroatoms. The van der Waals surface area contributed by atoms with E-state index in [-0.39, 0.29) is 18.3 Å². The Bertz CT molecular complexity index is 743. The Morgan fingerprint density at radius 3 is 2.32 bits per heavy atom.